The summed E-state index contributed by atoms with van der Waals surface area (Å²) >= 11 is 0. The fourth-order valence-corrected chi connectivity index (χ4v) is 4.90. The minimum atomic E-state index is -0.968. The zero-order chi connectivity index (χ0) is 21.0. The Morgan fingerprint density at radius 2 is 1.97 bits per heavy atom. The number of nitrogens with zero attached hydrogens (tertiary/aromatic N) is 1. The van der Waals surface area contributed by atoms with Crippen molar-refractivity contribution in [3.8, 4) is 0 Å². The normalized spacial score (nSPS) is 27.5. The quantitative estimate of drug-likeness (QED) is 0.524. The van der Waals surface area contributed by atoms with Crippen molar-refractivity contribution in [2.75, 3.05) is 13.1 Å². The highest BCUT2D eigenvalue weighted by Gasteiger charge is 2.46. The molecule has 0 spiro atoms. The first kappa shape index (κ1) is 21.5. The maximum absolute atomic E-state index is 13.2. The Morgan fingerprint density at radius 1 is 1.24 bits per heavy atom. The lowest BCUT2D eigenvalue weighted by Crippen LogP contribution is -2.51. The van der Waals surface area contributed by atoms with Gasteiger partial charge in [0.25, 0.3) is 0 Å². The lowest BCUT2D eigenvalue weighted by Gasteiger charge is -2.42. The van der Waals surface area contributed by atoms with E-state index in [0.717, 1.165) is 6.42 Å². The molecule has 3 rings (SSSR count). The number of carbonyl (C=O) groups excluding carboxylic acids is 2. The minimum Gasteiger partial charge on any atom is -0.390 e. The van der Waals surface area contributed by atoms with Crippen LogP contribution in [0.4, 0.5) is 0 Å². The topological polar surface area (TPSA) is 89.9 Å². The number of nitrogens with one attached hydrogen (secondary N) is 1. The van der Waals surface area contributed by atoms with Crippen LogP contribution in [0.25, 0.3) is 5.57 Å². The van der Waals surface area contributed by atoms with Crippen LogP contribution in [0.1, 0.15) is 51.5 Å². The van der Waals surface area contributed by atoms with E-state index in [-0.39, 0.29) is 18.2 Å². The molecule has 3 N–H and O–H groups in total. The van der Waals surface area contributed by atoms with Crippen LogP contribution < -0.4 is 5.48 Å². The Balaban J connectivity index is 1.71. The summed E-state index contributed by atoms with van der Waals surface area (Å²) in [6.07, 6.45) is 4.58. The van der Waals surface area contributed by atoms with Crippen LogP contribution in [0.2, 0.25) is 0 Å². The molecule has 1 aromatic rings. The number of hydrogen-bond acceptors (Lipinski definition) is 4. The van der Waals surface area contributed by atoms with Crippen molar-refractivity contribution in [3.63, 3.8) is 0 Å². The molecule has 0 aromatic heterocycles. The summed E-state index contributed by atoms with van der Waals surface area (Å²) in [7, 11) is 0. The van der Waals surface area contributed by atoms with Gasteiger partial charge in [0, 0.05) is 13.1 Å². The Labute approximate surface area is 172 Å². The van der Waals surface area contributed by atoms with Crippen molar-refractivity contribution >= 4 is 17.4 Å². The molecule has 1 fully saturated rings. The molecule has 3 unspecified atom stereocenters. The second-order valence-corrected chi connectivity index (χ2v) is 8.88. The van der Waals surface area contributed by atoms with Crippen LogP contribution in [0.3, 0.4) is 0 Å². The fourth-order valence-electron chi connectivity index (χ4n) is 4.90. The van der Waals surface area contributed by atoms with Gasteiger partial charge in [0.2, 0.25) is 11.8 Å². The second-order valence-electron chi connectivity index (χ2n) is 8.88. The molecule has 0 saturated heterocycles. The predicted molar refractivity (Wildman–Crippen MR) is 111 cm³/mol. The molecule has 1 aromatic carbocycles. The van der Waals surface area contributed by atoms with Crippen LogP contribution in [0, 0.1) is 17.8 Å². The Hall–Kier alpha value is -2.18. The van der Waals surface area contributed by atoms with Crippen LogP contribution in [0.5, 0.6) is 0 Å². The van der Waals surface area contributed by atoms with E-state index in [9.17, 15) is 19.9 Å². The summed E-state index contributed by atoms with van der Waals surface area (Å²) in [6.45, 7) is 5.19. The highest BCUT2D eigenvalue weighted by atomic mass is 16.5. The molecule has 1 aliphatic carbocycles. The molecular formula is C23H32N2O4. The molecule has 1 heterocycles. The van der Waals surface area contributed by atoms with Crippen molar-refractivity contribution in [2.24, 2.45) is 17.8 Å². The number of amides is 2. The van der Waals surface area contributed by atoms with E-state index < -0.39 is 23.3 Å². The highest BCUT2D eigenvalue weighted by molar-refractivity contribution is 5.88. The van der Waals surface area contributed by atoms with Gasteiger partial charge in [0.05, 0.1) is 17.4 Å². The number of rotatable bonds is 5. The summed E-state index contributed by atoms with van der Waals surface area (Å²) < 4.78 is 0. The zero-order valence-corrected chi connectivity index (χ0v) is 17.3. The molecule has 6 nitrogen and oxygen atoms in total. The molecule has 2 aliphatic rings. The standard InChI is InChI=1S/C23H32N2O4/c1-16(2)14-23(28)11-8-19(20(15-23)21(26)24-29)22(27)25-12-9-18(10-13-25)17-6-4-3-5-7-17/h3-7,9,16,19-20,28-29H,8,10-15H2,1-2H3,(H,24,26). The number of carbonyl (C=O) groups is 2. The van der Waals surface area contributed by atoms with Gasteiger partial charge in [-0.1, -0.05) is 50.3 Å². The van der Waals surface area contributed by atoms with E-state index in [4.69, 9.17) is 0 Å². The van der Waals surface area contributed by atoms with Crippen molar-refractivity contribution < 1.29 is 19.9 Å². The molecule has 6 heteroatoms. The number of benzene rings is 1. The lowest BCUT2D eigenvalue weighted by atomic mass is 9.68. The van der Waals surface area contributed by atoms with E-state index in [1.165, 1.54) is 11.1 Å². The summed E-state index contributed by atoms with van der Waals surface area (Å²) in [6, 6.07) is 10.1. The van der Waals surface area contributed by atoms with Crippen LogP contribution in [-0.4, -0.2) is 45.7 Å². The van der Waals surface area contributed by atoms with Gasteiger partial charge >= 0.3 is 0 Å². The van der Waals surface area contributed by atoms with Gasteiger partial charge in [-0.15, -0.1) is 0 Å². The summed E-state index contributed by atoms with van der Waals surface area (Å²) in [4.78, 5) is 27.3. The van der Waals surface area contributed by atoms with E-state index in [1.807, 2.05) is 32.0 Å². The average Bonchev–Trinajstić information content (AvgIpc) is 2.72. The third-order valence-electron chi connectivity index (χ3n) is 6.22. The van der Waals surface area contributed by atoms with E-state index >= 15 is 0 Å². The van der Waals surface area contributed by atoms with Crippen molar-refractivity contribution in [1.82, 2.24) is 10.4 Å². The Morgan fingerprint density at radius 3 is 2.55 bits per heavy atom. The van der Waals surface area contributed by atoms with Crippen molar-refractivity contribution in [1.29, 1.82) is 0 Å². The highest BCUT2D eigenvalue weighted by Crippen LogP contribution is 2.41. The summed E-state index contributed by atoms with van der Waals surface area (Å²) in [5.41, 5.74) is 3.15. The molecule has 1 saturated carbocycles. The van der Waals surface area contributed by atoms with Gasteiger partial charge in [-0.25, -0.2) is 5.48 Å². The minimum absolute atomic E-state index is 0.0615. The van der Waals surface area contributed by atoms with Crippen LogP contribution in [0.15, 0.2) is 36.4 Å². The monoisotopic (exact) mass is 400 g/mol. The van der Waals surface area contributed by atoms with Crippen LogP contribution >= 0.6 is 0 Å². The van der Waals surface area contributed by atoms with Gasteiger partial charge in [0.15, 0.2) is 0 Å². The number of hydrogen-bond donors (Lipinski definition) is 3. The van der Waals surface area contributed by atoms with E-state index in [0.29, 0.717) is 32.4 Å². The van der Waals surface area contributed by atoms with Crippen LogP contribution in [-0.2, 0) is 9.59 Å². The fraction of sp³-hybridized carbons (Fsp3) is 0.565. The smallest absolute Gasteiger partial charge is 0.247 e. The van der Waals surface area contributed by atoms with Gasteiger partial charge in [-0.05, 0) is 49.2 Å². The molecule has 2 amide bonds. The van der Waals surface area contributed by atoms with Gasteiger partial charge in [-0.2, -0.15) is 0 Å². The van der Waals surface area contributed by atoms with Crippen molar-refractivity contribution in [2.45, 2.75) is 51.6 Å². The molecule has 0 radical (unpaired) electrons. The number of hydroxylamine groups is 1. The zero-order valence-electron chi connectivity index (χ0n) is 17.3. The molecule has 0 bridgehead atoms. The molecule has 29 heavy (non-hydrogen) atoms. The first-order chi connectivity index (χ1) is 13.8. The largest absolute Gasteiger partial charge is 0.390 e. The average molecular weight is 401 g/mol. The lowest BCUT2D eigenvalue weighted by molar-refractivity contribution is -0.153. The maximum Gasteiger partial charge on any atom is 0.247 e. The van der Waals surface area contributed by atoms with Gasteiger partial charge in [0.1, 0.15) is 0 Å². The van der Waals surface area contributed by atoms with Gasteiger partial charge < -0.3 is 10.0 Å². The third kappa shape index (κ3) is 5.06. The first-order valence-corrected chi connectivity index (χ1v) is 10.5. The number of aliphatic hydroxyl groups is 1. The van der Waals surface area contributed by atoms with E-state index in [1.54, 1.807) is 10.4 Å². The molecule has 1 aliphatic heterocycles. The second kappa shape index (κ2) is 9.09. The molecular weight excluding hydrogens is 368 g/mol. The van der Waals surface area contributed by atoms with E-state index in [2.05, 4.69) is 18.2 Å². The Kier molecular flexibility index (Phi) is 6.75. The predicted octanol–water partition coefficient (Wildman–Crippen LogP) is 3.00. The van der Waals surface area contributed by atoms with Crippen molar-refractivity contribution in [3.05, 3.63) is 42.0 Å². The van der Waals surface area contributed by atoms with Gasteiger partial charge in [-0.3, -0.25) is 14.8 Å². The Bertz CT molecular complexity index is 761. The maximum atomic E-state index is 13.2. The molecule has 3 atom stereocenters. The summed E-state index contributed by atoms with van der Waals surface area (Å²) in [5.74, 6) is -1.59. The summed E-state index contributed by atoms with van der Waals surface area (Å²) in [5, 5.41) is 20.1. The molecule has 158 valence electrons. The first-order valence-electron chi connectivity index (χ1n) is 10.5. The third-order valence-corrected chi connectivity index (χ3v) is 6.22. The SMILES string of the molecule is CC(C)CC1(O)CCC(C(=O)N2CC=C(c3ccccc3)CC2)C(C(=O)NO)C1.